The fraction of sp³-hybridized carbons (Fsp3) is 0.450. The van der Waals surface area contributed by atoms with Crippen LogP contribution in [0, 0.1) is 0 Å². The second kappa shape index (κ2) is 25.2. The Kier molecular flexibility index (Phi) is 20.3. The molecule has 0 saturated carbocycles. The van der Waals surface area contributed by atoms with E-state index in [1.165, 1.54) is 48.2 Å². The van der Waals surface area contributed by atoms with Crippen molar-refractivity contribution in [3.05, 3.63) is 59.7 Å². The van der Waals surface area contributed by atoms with Crippen molar-refractivity contribution in [3.63, 3.8) is 0 Å². The Labute approximate surface area is 372 Å². The van der Waals surface area contributed by atoms with Gasteiger partial charge >= 0.3 is 5.97 Å². The first-order valence-electron chi connectivity index (χ1n) is 20.0. The molecule has 23 nitrogen and oxygen atoms in total. The predicted octanol–water partition coefficient (Wildman–Crippen LogP) is -4.21. The van der Waals surface area contributed by atoms with E-state index in [-0.39, 0.29) is 49.5 Å². The van der Waals surface area contributed by atoms with E-state index in [1.54, 1.807) is 12.1 Å². The molecule has 64 heavy (non-hydrogen) atoms. The van der Waals surface area contributed by atoms with Gasteiger partial charge in [-0.3, -0.25) is 43.2 Å². The molecule has 2 aromatic rings. The Balaban J connectivity index is 1.45. The third kappa shape index (κ3) is 17.1. The monoisotopic (exact) mass is 914 g/mol. The van der Waals surface area contributed by atoms with Gasteiger partial charge in [-0.05, 0) is 68.0 Å². The van der Waals surface area contributed by atoms with Gasteiger partial charge in [0.15, 0.2) is 0 Å². The predicted molar refractivity (Wildman–Crippen MR) is 229 cm³/mol. The molecule has 6 atom stereocenters. The summed E-state index contributed by atoms with van der Waals surface area (Å²) in [5, 5.41) is 44.7. The molecule has 348 valence electrons. The number of primary amides is 1. The maximum Gasteiger partial charge on any atom is 0.326 e. The Hall–Kier alpha value is -6.95. The van der Waals surface area contributed by atoms with Gasteiger partial charge in [0, 0.05) is 25.1 Å². The van der Waals surface area contributed by atoms with Gasteiger partial charge in [0.05, 0.1) is 25.7 Å². The number of carbonyl (C=O) groups excluding carboxylic acids is 9. The standard InChI is InChI=1S/C40H54N10O13S/c1-21(35(57)43-17-33(55)48-28(40(62)63)16-23-6-10-25(52)11-7-23)46-37(59)29(20-64)49-34(56)18-44-36(58)27(12-13-31(42)53)47-32(54)19-45-38(60)30-3-2-14-50(30)39(61)26(41)15-22-4-8-24(51)9-5-22/h4-11,21,26-30,51-52,64H,2-3,12-20,41H2,1H3,(H2,42,53)(H,43,57)(H,44,58)(H,45,60)(H,46,59)(H,47,54)(H,48,55)(H,49,56)(H,62,63)/t21-,26-,27-,28-,29-,30-/m0/s1. The van der Waals surface area contributed by atoms with Crippen molar-refractivity contribution in [1.29, 1.82) is 0 Å². The summed E-state index contributed by atoms with van der Waals surface area (Å²) in [5.74, 6) is -8.65. The normalized spacial score (nSPS) is 15.5. The minimum atomic E-state index is -1.40. The number of hydrogen-bond acceptors (Lipinski definition) is 14. The number of hydrogen-bond donors (Lipinski definition) is 13. The van der Waals surface area contributed by atoms with Crippen LogP contribution in [0.1, 0.15) is 43.7 Å². The number of nitrogens with zero attached hydrogens (tertiary/aromatic N) is 1. The number of aromatic hydroxyl groups is 2. The Morgan fingerprint density at radius 3 is 1.73 bits per heavy atom. The number of benzene rings is 2. The molecule has 0 spiro atoms. The van der Waals surface area contributed by atoms with Crippen molar-refractivity contribution < 1.29 is 63.3 Å². The van der Waals surface area contributed by atoms with Gasteiger partial charge in [-0.15, -0.1) is 0 Å². The van der Waals surface area contributed by atoms with Crippen molar-refractivity contribution in [2.24, 2.45) is 11.5 Å². The van der Waals surface area contributed by atoms with Gasteiger partial charge in [-0.2, -0.15) is 12.6 Å². The molecule has 9 amide bonds. The van der Waals surface area contributed by atoms with E-state index >= 15 is 0 Å². The van der Waals surface area contributed by atoms with E-state index < -0.39 is 115 Å². The molecule has 0 aromatic heterocycles. The zero-order valence-corrected chi connectivity index (χ0v) is 35.7. The lowest BCUT2D eigenvalue weighted by molar-refractivity contribution is -0.141. The van der Waals surface area contributed by atoms with Crippen molar-refractivity contribution in [2.45, 2.75) is 81.7 Å². The Morgan fingerprint density at radius 2 is 1.20 bits per heavy atom. The van der Waals surface area contributed by atoms with Crippen LogP contribution in [0.15, 0.2) is 48.5 Å². The van der Waals surface area contributed by atoms with Crippen LogP contribution in [-0.2, 0) is 60.8 Å². The summed E-state index contributed by atoms with van der Waals surface area (Å²) in [6, 6.07) is 4.65. The van der Waals surface area contributed by atoms with Gasteiger partial charge in [0.25, 0.3) is 0 Å². The molecule has 1 fully saturated rings. The highest BCUT2D eigenvalue weighted by atomic mass is 32.1. The number of thiol groups is 1. The van der Waals surface area contributed by atoms with E-state index in [0.29, 0.717) is 24.0 Å². The molecule has 24 heteroatoms. The second-order valence-electron chi connectivity index (χ2n) is 14.8. The molecule has 14 N–H and O–H groups in total. The summed E-state index contributed by atoms with van der Waals surface area (Å²) in [6.07, 6.45) is 0.240. The molecule has 0 radical (unpaired) electrons. The van der Waals surface area contributed by atoms with Gasteiger partial charge in [0.1, 0.15) is 41.7 Å². The molecule has 2 aromatic carbocycles. The number of nitrogens with two attached hydrogens (primary N) is 2. The lowest BCUT2D eigenvalue weighted by Gasteiger charge is -2.27. The van der Waals surface area contributed by atoms with E-state index in [9.17, 15) is 63.3 Å². The number of likely N-dealkylation sites (tertiary alicyclic amines) is 1. The summed E-state index contributed by atoms with van der Waals surface area (Å²) < 4.78 is 0. The first kappa shape index (κ1) is 51.4. The van der Waals surface area contributed by atoms with Gasteiger partial charge < -0.3 is 68.9 Å². The first-order chi connectivity index (χ1) is 30.3. The maximum absolute atomic E-state index is 13.1. The second-order valence-corrected chi connectivity index (χ2v) is 15.2. The minimum Gasteiger partial charge on any atom is -0.508 e. The summed E-state index contributed by atoms with van der Waals surface area (Å²) in [4.78, 5) is 127. The van der Waals surface area contributed by atoms with Crippen molar-refractivity contribution >= 4 is 71.8 Å². The number of carbonyl (C=O) groups is 10. The van der Waals surface area contributed by atoms with E-state index in [2.05, 4.69) is 49.8 Å². The van der Waals surface area contributed by atoms with Crippen LogP contribution in [-0.4, -0.2) is 148 Å². The number of aliphatic carboxylic acids is 1. The number of amides is 9. The van der Waals surface area contributed by atoms with Crippen molar-refractivity contribution in [2.75, 3.05) is 31.9 Å². The topological polar surface area (TPSA) is 371 Å². The SMILES string of the molecule is C[C@H](NC(=O)[C@H](CS)NC(=O)CNC(=O)[C@H](CCC(N)=O)NC(=O)CNC(=O)[C@@H]1CCCN1C(=O)[C@@H](N)Cc1ccc(O)cc1)C(=O)NCC(=O)N[C@@H](Cc1ccc(O)cc1)C(=O)O. The number of phenols is 2. The molecular formula is C40H54N10O13S. The lowest BCUT2D eigenvalue weighted by atomic mass is 10.0. The third-order valence-electron chi connectivity index (χ3n) is 9.74. The van der Waals surface area contributed by atoms with Crippen molar-refractivity contribution in [1.82, 2.24) is 42.1 Å². The third-order valence-corrected chi connectivity index (χ3v) is 10.1. The van der Waals surface area contributed by atoms with Crippen LogP contribution in [0.3, 0.4) is 0 Å². The summed E-state index contributed by atoms with van der Waals surface area (Å²) in [5.41, 5.74) is 12.6. The lowest BCUT2D eigenvalue weighted by Crippen LogP contribution is -2.56. The number of phenolic OH excluding ortho intramolecular Hbond substituents is 2. The number of nitrogens with one attached hydrogen (secondary N) is 7. The van der Waals surface area contributed by atoms with Gasteiger partial charge in [-0.25, -0.2) is 4.79 Å². The van der Waals surface area contributed by atoms with E-state index in [4.69, 9.17) is 11.5 Å². The fourth-order valence-corrected chi connectivity index (χ4v) is 6.58. The van der Waals surface area contributed by atoms with Gasteiger partial charge in [-0.1, -0.05) is 24.3 Å². The van der Waals surface area contributed by atoms with E-state index in [0.717, 1.165) is 0 Å². The molecule has 1 aliphatic rings. The van der Waals surface area contributed by atoms with Crippen LogP contribution in [0.5, 0.6) is 11.5 Å². The summed E-state index contributed by atoms with van der Waals surface area (Å²) in [6.45, 7) is -0.430. The number of rotatable bonds is 24. The van der Waals surface area contributed by atoms with Crippen LogP contribution >= 0.6 is 12.6 Å². The molecule has 0 aliphatic carbocycles. The average Bonchev–Trinajstić information content (AvgIpc) is 3.75. The fourth-order valence-electron chi connectivity index (χ4n) is 6.32. The highest BCUT2D eigenvalue weighted by Crippen LogP contribution is 2.20. The quantitative estimate of drug-likeness (QED) is 0.0445. The first-order valence-corrected chi connectivity index (χ1v) is 20.7. The zero-order valence-electron chi connectivity index (χ0n) is 34.8. The molecule has 0 unspecified atom stereocenters. The largest absolute Gasteiger partial charge is 0.508 e. The molecule has 1 aliphatic heterocycles. The van der Waals surface area contributed by atoms with Crippen LogP contribution in [0.2, 0.25) is 0 Å². The zero-order chi connectivity index (χ0) is 47.5. The number of carboxylic acid groups (broad SMARTS) is 1. The smallest absolute Gasteiger partial charge is 0.326 e. The summed E-state index contributed by atoms with van der Waals surface area (Å²) >= 11 is 4.06. The highest BCUT2D eigenvalue weighted by Gasteiger charge is 2.36. The van der Waals surface area contributed by atoms with Crippen LogP contribution < -0.4 is 48.7 Å². The van der Waals surface area contributed by atoms with Crippen LogP contribution in [0.25, 0.3) is 0 Å². The number of carboxylic acids is 1. The minimum absolute atomic E-state index is 0.0257. The summed E-state index contributed by atoms with van der Waals surface area (Å²) in [7, 11) is 0. The molecule has 3 rings (SSSR count). The van der Waals surface area contributed by atoms with Crippen LogP contribution in [0.4, 0.5) is 0 Å². The molecular weight excluding hydrogens is 861 g/mol. The van der Waals surface area contributed by atoms with Gasteiger partial charge in [0.2, 0.25) is 53.2 Å². The Bertz CT molecular complexity index is 2020. The molecule has 1 heterocycles. The average molecular weight is 915 g/mol. The van der Waals surface area contributed by atoms with E-state index in [1.807, 2.05) is 0 Å². The molecule has 1 saturated heterocycles. The Morgan fingerprint density at radius 1 is 0.703 bits per heavy atom. The molecule has 0 bridgehead atoms. The highest BCUT2D eigenvalue weighted by molar-refractivity contribution is 7.80. The maximum atomic E-state index is 13.1. The van der Waals surface area contributed by atoms with Crippen molar-refractivity contribution in [3.8, 4) is 11.5 Å².